The third kappa shape index (κ3) is 3.80. The first-order chi connectivity index (χ1) is 7.11. The molecule has 1 rings (SSSR count). The van der Waals surface area contributed by atoms with Crippen LogP contribution in [0.25, 0.3) is 0 Å². The fraction of sp³-hybridized carbons (Fsp3) is 0.444. The number of hydrogen-bond acceptors (Lipinski definition) is 5. The minimum atomic E-state index is -0.920. The van der Waals surface area contributed by atoms with Crippen LogP contribution in [0.4, 0.5) is 11.6 Å². The SMILES string of the molecule is CCNc1cc(NCC(=O)O)nc(C)n1. The fourth-order valence-electron chi connectivity index (χ4n) is 1.10. The van der Waals surface area contributed by atoms with E-state index in [0.29, 0.717) is 17.5 Å². The van der Waals surface area contributed by atoms with Gasteiger partial charge in [0, 0.05) is 12.6 Å². The van der Waals surface area contributed by atoms with E-state index in [2.05, 4.69) is 20.6 Å². The highest BCUT2D eigenvalue weighted by molar-refractivity contribution is 5.72. The predicted molar refractivity (Wildman–Crippen MR) is 57.1 cm³/mol. The second kappa shape index (κ2) is 5.14. The Kier molecular flexibility index (Phi) is 3.84. The van der Waals surface area contributed by atoms with Gasteiger partial charge in [0.1, 0.15) is 24.0 Å². The fourth-order valence-corrected chi connectivity index (χ4v) is 1.10. The lowest BCUT2D eigenvalue weighted by Crippen LogP contribution is -2.14. The number of rotatable bonds is 5. The van der Waals surface area contributed by atoms with Crippen molar-refractivity contribution in [2.24, 2.45) is 0 Å². The van der Waals surface area contributed by atoms with Gasteiger partial charge in [0.2, 0.25) is 0 Å². The van der Waals surface area contributed by atoms with Gasteiger partial charge in [0.15, 0.2) is 0 Å². The number of anilines is 2. The molecule has 1 aromatic rings. The smallest absolute Gasteiger partial charge is 0.322 e. The van der Waals surface area contributed by atoms with E-state index in [4.69, 9.17) is 5.11 Å². The van der Waals surface area contributed by atoms with Crippen LogP contribution >= 0.6 is 0 Å². The third-order valence-electron chi connectivity index (χ3n) is 1.62. The highest BCUT2D eigenvalue weighted by Crippen LogP contribution is 2.10. The molecule has 3 N–H and O–H groups in total. The van der Waals surface area contributed by atoms with Crippen LogP contribution in [-0.2, 0) is 4.79 Å². The van der Waals surface area contributed by atoms with Crippen LogP contribution < -0.4 is 10.6 Å². The van der Waals surface area contributed by atoms with Crippen LogP contribution in [0.1, 0.15) is 12.7 Å². The van der Waals surface area contributed by atoms with Crippen LogP contribution in [0.3, 0.4) is 0 Å². The first-order valence-corrected chi connectivity index (χ1v) is 4.67. The van der Waals surface area contributed by atoms with E-state index in [1.807, 2.05) is 6.92 Å². The van der Waals surface area contributed by atoms with Crippen LogP contribution in [0.5, 0.6) is 0 Å². The molecule has 82 valence electrons. The quantitative estimate of drug-likeness (QED) is 0.663. The molecule has 0 aromatic carbocycles. The standard InChI is InChI=1S/C9H14N4O2/c1-3-10-7-4-8(11-5-9(14)15)13-6(2)12-7/h4H,3,5H2,1-2H3,(H,14,15)(H2,10,11,12,13). The number of aryl methyl sites for hydroxylation is 1. The molecule has 1 heterocycles. The maximum atomic E-state index is 10.3. The monoisotopic (exact) mass is 210 g/mol. The Hall–Kier alpha value is -1.85. The molecule has 0 aliphatic heterocycles. The van der Waals surface area contributed by atoms with Gasteiger partial charge in [-0.05, 0) is 13.8 Å². The summed E-state index contributed by atoms with van der Waals surface area (Å²) in [5, 5.41) is 14.2. The molecule has 0 bridgehead atoms. The summed E-state index contributed by atoms with van der Waals surface area (Å²) in [5.74, 6) is 0.886. The zero-order valence-electron chi connectivity index (χ0n) is 8.74. The van der Waals surface area contributed by atoms with Crippen LogP contribution in [-0.4, -0.2) is 34.1 Å². The Bertz CT molecular complexity index is 354. The molecule has 1 aromatic heterocycles. The van der Waals surface area contributed by atoms with Crippen molar-refractivity contribution in [2.75, 3.05) is 23.7 Å². The number of aromatic nitrogens is 2. The first kappa shape index (κ1) is 11.2. The molecule has 0 radical (unpaired) electrons. The van der Waals surface area contributed by atoms with E-state index < -0.39 is 5.97 Å². The lowest BCUT2D eigenvalue weighted by Gasteiger charge is -2.07. The van der Waals surface area contributed by atoms with E-state index in [-0.39, 0.29) is 6.54 Å². The van der Waals surface area contributed by atoms with Crippen molar-refractivity contribution in [1.82, 2.24) is 9.97 Å². The molecule has 0 fully saturated rings. The van der Waals surface area contributed by atoms with Gasteiger partial charge in [-0.15, -0.1) is 0 Å². The first-order valence-electron chi connectivity index (χ1n) is 4.67. The van der Waals surface area contributed by atoms with Crippen molar-refractivity contribution in [3.8, 4) is 0 Å². The molecule has 0 saturated carbocycles. The summed E-state index contributed by atoms with van der Waals surface area (Å²) >= 11 is 0. The van der Waals surface area contributed by atoms with E-state index in [1.54, 1.807) is 13.0 Å². The average Bonchev–Trinajstić information content (AvgIpc) is 2.14. The molecule has 0 aliphatic carbocycles. The van der Waals surface area contributed by atoms with E-state index >= 15 is 0 Å². The van der Waals surface area contributed by atoms with Gasteiger partial charge in [-0.3, -0.25) is 4.79 Å². The Morgan fingerprint density at radius 1 is 1.40 bits per heavy atom. The normalized spacial score (nSPS) is 9.73. The number of aliphatic carboxylic acids is 1. The van der Waals surface area contributed by atoms with Crippen molar-refractivity contribution in [1.29, 1.82) is 0 Å². The molecule has 6 heteroatoms. The summed E-state index contributed by atoms with van der Waals surface area (Å²) in [7, 11) is 0. The number of nitrogens with zero attached hydrogens (tertiary/aromatic N) is 2. The summed E-state index contributed by atoms with van der Waals surface area (Å²) < 4.78 is 0. The summed E-state index contributed by atoms with van der Waals surface area (Å²) in [5.41, 5.74) is 0. The lowest BCUT2D eigenvalue weighted by atomic mass is 10.4. The maximum absolute atomic E-state index is 10.3. The van der Waals surface area contributed by atoms with Gasteiger partial charge in [0.25, 0.3) is 0 Å². The topological polar surface area (TPSA) is 87.1 Å². The summed E-state index contributed by atoms with van der Waals surface area (Å²) in [6.45, 7) is 4.32. The molecule has 6 nitrogen and oxygen atoms in total. The van der Waals surface area contributed by atoms with Crippen LogP contribution in [0.2, 0.25) is 0 Å². The minimum Gasteiger partial charge on any atom is -0.480 e. The minimum absolute atomic E-state index is 0.151. The summed E-state index contributed by atoms with van der Waals surface area (Å²) in [4.78, 5) is 18.6. The molecule has 15 heavy (non-hydrogen) atoms. The Morgan fingerprint density at radius 2 is 2.00 bits per heavy atom. The largest absolute Gasteiger partial charge is 0.480 e. The second-order valence-corrected chi connectivity index (χ2v) is 2.96. The molecule has 0 saturated heterocycles. The highest BCUT2D eigenvalue weighted by Gasteiger charge is 2.02. The molecule has 0 atom stereocenters. The average molecular weight is 210 g/mol. The van der Waals surface area contributed by atoms with E-state index in [1.165, 1.54) is 0 Å². The third-order valence-corrected chi connectivity index (χ3v) is 1.62. The Morgan fingerprint density at radius 3 is 2.53 bits per heavy atom. The van der Waals surface area contributed by atoms with Crippen molar-refractivity contribution in [2.45, 2.75) is 13.8 Å². The van der Waals surface area contributed by atoms with Crippen molar-refractivity contribution < 1.29 is 9.90 Å². The molecule has 0 spiro atoms. The second-order valence-electron chi connectivity index (χ2n) is 2.96. The van der Waals surface area contributed by atoms with Crippen LogP contribution in [0.15, 0.2) is 6.07 Å². The molecular weight excluding hydrogens is 196 g/mol. The molecule has 0 amide bonds. The molecule has 0 unspecified atom stereocenters. The highest BCUT2D eigenvalue weighted by atomic mass is 16.4. The van der Waals surface area contributed by atoms with E-state index in [9.17, 15) is 4.79 Å². The van der Waals surface area contributed by atoms with Gasteiger partial charge in [-0.25, -0.2) is 9.97 Å². The summed E-state index contributed by atoms with van der Waals surface area (Å²) in [6, 6.07) is 1.68. The van der Waals surface area contributed by atoms with Crippen molar-refractivity contribution >= 4 is 17.6 Å². The van der Waals surface area contributed by atoms with Gasteiger partial charge in [-0.1, -0.05) is 0 Å². The van der Waals surface area contributed by atoms with E-state index in [0.717, 1.165) is 6.54 Å². The van der Waals surface area contributed by atoms with Gasteiger partial charge in [0.05, 0.1) is 0 Å². The van der Waals surface area contributed by atoms with Gasteiger partial charge in [-0.2, -0.15) is 0 Å². The molecule has 0 aliphatic rings. The molecular formula is C9H14N4O2. The summed E-state index contributed by atoms with van der Waals surface area (Å²) in [6.07, 6.45) is 0. The Labute approximate surface area is 87.8 Å². The number of carboxylic acid groups (broad SMARTS) is 1. The van der Waals surface area contributed by atoms with Crippen molar-refractivity contribution in [3.63, 3.8) is 0 Å². The zero-order chi connectivity index (χ0) is 11.3. The zero-order valence-corrected chi connectivity index (χ0v) is 8.74. The number of hydrogen-bond donors (Lipinski definition) is 3. The maximum Gasteiger partial charge on any atom is 0.322 e. The van der Waals surface area contributed by atoms with Crippen molar-refractivity contribution in [3.05, 3.63) is 11.9 Å². The Balaban J connectivity index is 2.74. The van der Waals surface area contributed by atoms with Gasteiger partial charge >= 0.3 is 5.97 Å². The number of nitrogens with one attached hydrogen (secondary N) is 2. The lowest BCUT2D eigenvalue weighted by molar-refractivity contribution is -0.134. The van der Waals surface area contributed by atoms with Crippen LogP contribution in [0, 0.1) is 6.92 Å². The number of carbonyl (C=O) groups is 1. The number of carboxylic acids is 1. The predicted octanol–water partition coefficient (Wildman–Crippen LogP) is 0.713. The van der Waals surface area contributed by atoms with Gasteiger partial charge < -0.3 is 15.7 Å².